The second-order valence-electron chi connectivity index (χ2n) is 6.25. The Bertz CT molecular complexity index is 967. The van der Waals surface area contributed by atoms with E-state index in [1.165, 1.54) is 9.80 Å². The molecular formula is C20H18N4O3. The Morgan fingerprint density at radius 1 is 1.11 bits per heavy atom. The van der Waals surface area contributed by atoms with Gasteiger partial charge in [0.15, 0.2) is 0 Å². The smallest absolute Gasteiger partial charge is 0.332 e. The maximum Gasteiger partial charge on any atom is 0.332 e. The molecule has 3 aromatic rings. The van der Waals surface area contributed by atoms with Gasteiger partial charge >= 0.3 is 6.03 Å². The highest BCUT2D eigenvalue weighted by molar-refractivity contribution is 6.19. The Morgan fingerprint density at radius 3 is 2.63 bits per heavy atom. The number of amides is 3. The van der Waals surface area contributed by atoms with Crippen molar-refractivity contribution in [1.29, 1.82) is 0 Å². The fourth-order valence-electron chi connectivity index (χ4n) is 3.13. The molecule has 0 radical (unpaired) electrons. The first-order valence-electron chi connectivity index (χ1n) is 8.50. The van der Waals surface area contributed by atoms with E-state index in [1.807, 2.05) is 36.4 Å². The molecule has 0 aliphatic carbocycles. The van der Waals surface area contributed by atoms with Gasteiger partial charge in [0, 0.05) is 18.3 Å². The quantitative estimate of drug-likeness (QED) is 0.708. The molecule has 2 aromatic carbocycles. The van der Waals surface area contributed by atoms with Gasteiger partial charge in [-0.1, -0.05) is 24.3 Å². The lowest BCUT2D eigenvalue weighted by Gasteiger charge is -2.17. The molecule has 27 heavy (non-hydrogen) atoms. The maximum absolute atomic E-state index is 12.8. The summed E-state index contributed by atoms with van der Waals surface area (Å²) in [7, 11) is 1.60. The molecule has 1 aromatic heterocycles. The number of rotatable bonds is 5. The predicted octanol–water partition coefficient (Wildman–Crippen LogP) is 3.05. The second kappa shape index (κ2) is 6.95. The molecule has 1 aliphatic heterocycles. The van der Waals surface area contributed by atoms with E-state index in [0.29, 0.717) is 12.2 Å². The number of hydrogen-bond acceptors (Lipinski definition) is 4. The monoisotopic (exact) mass is 362 g/mol. The molecule has 0 bridgehead atoms. The van der Waals surface area contributed by atoms with Gasteiger partial charge in [0.2, 0.25) is 0 Å². The topological polar surface area (TPSA) is 78.5 Å². The highest BCUT2D eigenvalue weighted by atomic mass is 16.5. The number of nitrogens with one attached hydrogen (secondary N) is 1. The summed E-state index contributed by atoms with van der Waals surface area (Å²) in [5, 5.41) is 6.69. The third-order valence-electron chi connectivity index (χ3n) is 4.50. The van der Waals surface area contributed by atoms with Crippen molar-refractivity contribution in [2.75, 3.05) is 18.6 Å². The Kier molecular flexibility index (Phi) is 4.33. The van der Waals surface area contributed by atoms with Gasteiger partial charge in [0.25, 0.3) is 5.91 Å². The Balaban J connectivity index is 1.52. The summed E-state index contributed by atoms with van der Waals surface area (Å²) in [5.41, 5.74) is 3.37. The number of ether oxygens (including phenoxy) is 1. The molecule has 0 unspecified atom stereocenters. The minimum Gasteiger partial charge on any atom is -0.497 e. The minimum absolute atomic E-state index is 0.0551. The highest BCUT2D eigenvalue weighted by Gasteiger charge is 2.37. The van der Waals surface area contributed by atoms with Crippen molar-refractivity contribution < 1.29 is 14.3 Å². The van der Waals surface area contributed by atoms with Gasteiger partial charge in [0.05, 0.1) is 19.0 Å². The molecule has 1 saturated heterocycles. The summed E-state index contributed by atoms with van der Waals surface area (Å²) in [6.45, 7) is 0.408. The van der Waals surface area contributed by atoms with Crippen LogP contribution < -0.4 is 9.64 Å². The first-order chi connectivity index (χ1) is 13.2. The number of carbonyl (C=O) groups is 2. The average Bonchev–Trinajstić information content (AvgIpc) is 3.31. The summed E-state index contributed by atoms with van der Waals surface area (Å²) < 4.78 is 5.21. The van der Waals surface area contributed by atoms with Crippen LogP contribution in [0.3, 0.4) is 0 Å². The number of urea groups is 1. The van der Waals surface area contributed by atoms with Crippen molar-refractivity contribution in [3.63, 3.8) is 0 Å². The number of aromatic amines is 1. The van der Waals surface area contributed by atoms with E-state index in [9.17, 15) is 9.59 Å². The number of hydrogen-bond donors (Lipinski definition) is 1. The molecule has 136 valence electrons. The van der Waals surface area contributed by atoms with E-state index in [2.05, 4.69) is 10.2 Å². The normalized spacial score (nSPS) is 14.1. The zero-order valence-electron chi connectivity index (χ0n) is 14.8. The summed E-state index contributed by atoms with van der Waals surface area (Å²) in [6, 6.07) is 14.4. The van der Waals surface area contributed by atoms with Crippen LogP contribution in [0.15, 0.2) is 60.9 Å². The van der Waals surface area contributed by atoms with E-state index < -0.39 is 0 Å². The van der Waals surface area contributed by atoms with Crippen molar-refractivity contribution in [3.05, 3.63) is 66.5 Å². The lowest BCUT2D eigenvalue weighted by atomic mass is 10.1. The molecular weight excluding hydrogens is 344 g/mol. The van der Waals surface area contributed by atoms with Crippen molar-refractivity contribution in [2.45, 2.75) is 6.54 Å². The predicted molar refractivity (Wildman–Crippen MR) is 100 cm³/mol. The Labute approximate surface area is 156 Å². The van der Waals surface area contributed by atoms with Crippen LogP contribution in [-0.2, 0) is 11.3 Å². The van der Waals surface area contributed by atoms with Crippen molar-refractivity contribution in [3.8, 4) is 16.9 Å². The number of aromatic nitrogens is 2. The van der Waals surface area contributed by atoms with E-state index in [1.54, 1.807) is 31.6 Å². The number of H-pyrrole nitrogens is 1. The number of benzene rings is 2. The zero-order chi connectivity index (χ0) is 18.8. The number of carbonyl (C=O) groups excluding carboxylic acids is 2. The van der Waals surface area contributed by atoms with Crippen LogP contribution in [0.25, 0.3) is 11.1 Å². The van der Waals surface area contributed by atoms with E-state index >= 15 is 0 Å². The molecule has 0 atom stereocenters. The van der Waals surface area contributed by atoms with Gasteiger partial charge in [-0.05, 0) is 35.4 Å². The van der Waals surface area contributed by atoms with Crippen molar-refractivity contribution in [1.82, 2.24) is 15.1 Å². The first kappa shape index (κ1) is 16.8. The lowest BCUT2D eigenvalue weighted by molar-refractivity contribution is -0.116. The van der Waals surface area contributed by atoms with Crippen molar-refractivity contribution in [2.24, 2.45) is 0 Å². The number of anilines is 1. The molecule has 3 amide bonds. The van der Waals surface area contributed by atoms with Gasteiger partial charge in [-0.25, -0.2) is 9.69 Å². The third kappa shape index (κ3) is 3.27. The molecule has 0 spiro atoms. The first-order valence-corrected chi connectivity index (χ1v) is 8.50. The molecule has 1 N–H and O–H groups in total. The SMILES string of the molecule is COc1cccc(CN2CC(=O)N(c3ccc(-c4cn[nH]c4)cc3)C2=O)c1. The fraction of sp³-hybridized carbons (Fsp3) is 0.150. The molecule has 1 fully saturated rings. The maximum atomic E-state index is 12.8. The van der Waals surface area contributed by atoms with Gasteiger partial charge in [-0.3, -0.25) is 9.89 Å². The standard InChI is InChI=1S/C20H18N4O3/c1-27-18-4-2-3-14(9-18)12-23-13-19(25)24(20(23)26)17-7-5-15(6-8-17)16-10-21-22-11-16/h2-11H,12-13H2,1H3,(H,21,22). The van der Waals surface area contributed by atoms with Gasteiger partial charge < -0.3 is 9.64 Å². The average molecular weight is 362 g/mol. The van der Waals surface area contributed by atoms with Crippen LogP contribution in [-0.4, -0.2) is 40.7 Å². The van der Waals surface area contributed by atoms with Crippen LogP contribution in [0, 0.1) is 0 Å². The lowest BCUT2D eigenvalue weighted by Crippen LogP contribution is -2.32. The highest BCUT2D eigenvalue weighted by Crippen LogP contribution is 2.26. The van der Waals surface area contributed by atoms with Crippen LogP contribution in [0.5, 0.6) is 5.75 Å². The zero-order valence-corrected chi connectivity index (χ0v) is 14.8. The van der Waals surface area contributed by atoms with E-state index in [-0.39, 0.29) is 18.5 Å². The molecule has 7 heteroatoms. The second-order valence-corrected chi connectivity index (χ2v) is 6.25. The number of methoxy groups -OCH3 is 1. The molecule has 1 aliphatic rings. The van der Waals surface area contributed by atoms with Gasteiger partial charge in [0.1, 0.15) is 12.3 Å². The van der Waals surface area contributed by atoms with Crippen LogP contribution in [0.4, 0.5) is 10.5 Å². The van der Waals surface area contributed by atoms with Crippen LogP contribution in [0.1, 0.15) is 5.56 Å². The van der Waals surface area contributed by atoms with E-state index in [4.69, 9.17) is 4.74 Å². The van der Waals surface area contributed by atoms with Crippen LogP contribution >= 0.6 is 0 Å². The number of nitrogens with zero attached hydrogens (tertiary/aromatic N) is 3. The molecule has 4 rings (SSSR count). The summed E-state index contributed by atoms with van der Waals surface area (Å²) in [4.78, 5) is 28.0. The van der Waals surface area contributed by atoms with E-state index in [0.717, 1.165) is 22.4 Å². The number of imide groups is 1. The largest absolute Gasteiger partial charge is 0.497 e. The van der Waals surface area contributed by atoms with Gasteiger partial charge in [-0.2, -0.15) is 5.10 Å². The van der Waals surface area contributed by atoms with Gasteiger partial charge in [-0.15, -0.1) is 0 Å². The molecule has 2 heterocycles. The molecule has 7 nitrogen and oxygen atoms in total. The molecule has 0 saturated carbocycles. The Hall–Kier alpha value is -3.61. The minimum atomic E-state index is -0.320. The third-order valence-corrected chi connectivity index (χ3v) is 4.50. The summed E-state index contributed by atoms with van der Waals surface area (Å²) in [5.74, 6) is 0.483. The summed E-state index contributed by atoms with van der Waals surface area (Å²) >= 11 is 0. The summed E-state index contributed by atoms with van der Waals surface area (Å²) in [6.07, 6.45) is 3.51. The Morgan fingerprint density at radius 2 is 1.93 bits per heavy atom. The fourth-order valence-corrected chi connectivity index (χ4v) is 3.13. The van der Waals surface area contributed by atoms with Crippen LogP contribution in [0.2, 0.25) is 0 Å². The van der Waals surface area contributed by atoms with Crippen molar-refractivity contribution >= 4 is 17.6 Å².